The van der Waals surface area contributed by atoms with Gasteiger partial charge in [0.25, 0.3) is 11.6 Å². The second-order valence-electron chi connectivity index (χ2n) is 5.23. The molecule has 24 heavy (non-hydrogen) atoms. The number of ether oxygens (including phenoxy) is 1. The molecular weight excluding hydrogens is 322 g/mol. The molecule has 0 radical (unpaired) electrons. The van der Waals surface area contributed by atoms with Gasteiger partial charge in [-0.3, -0.25) is 14.9 Å². The Morgan fingerprint density at radius 1 is 1.25 bits per heavy atom. The predicted molar refractivity (Wildman–Crippen MR) is 81.0 cm³/mol. The Hall–Kier alpha value is -3.03. The summed E-state index contributed by atoms with van der Waals surface area (Å²) >= 11 is 0. The van der Waals surface area contributed by atoms with Gasteiger partial charge in [0.15, 0.2) is 18.2 Å². The highest BCUT2D eigenvalue weighted by Gasteiger charge is 2.26. The van der Waals surface area contributed by atoms with Crippen molar-refractivity contribution in [2.24, 2.45) is 0 Å². The standard InChI is InChI=1S/C16H12F2N2O4/c17-11-1-4-15(13(18)8-11)24-9-16(21)19-6-5-10-7-12(20(22)23)2-3-14(10)19/h1-4,7-8H,5-6,9H2. The largest absolute Gasteiger partial charge is 0.481 e. The van der Waals surface area contributed by atoms with Gasteiger partial charge in [-0.2, -0.15) is 0 Å². The number of hydrogen-bond donors (Lipinski definition) is 0. The number of hydrogen-bond acceptors (Lipinski definition) is 4. The number of nitro groups is 1. The molecule has 0 saturated carbocycles. The van der Waals surface area contributed by atoms with Crippen molar-refractivity contribution in [2.75, 3.05) is 18.1 Å². The summed E-state index contributed by atoms with van der Waals surface area (Å²) in [7, 11) is 0. The van der Waals surface area contributed by atoms with Crippen LogP contribution in [-0.4, -0.2) is 24.0 Å². The van der Waals surface area contributed by atoms with E-state index in [2.05, 4.69) is 0 Å². The molecule has 0 bridgehead atoms. The minimum Gasteiger partial charge on any atom is -0.481 e. The fraction of sp³-hybridized carbons (Fsp3) is 0.188. The normalized spacial score (nSPS) is 12.8. The summed E-state index contributed by atoms with van der Waals surface area (Å²) in [6, 6.07) is 7.08. The summed E-state index contributed by atoms with van der Waals surface area (Å²) < 4.78 is 31.4. The second-order valence-corrected chi connectivity index (χ2v) is 5.23. The Morgan fingerprint density at radius 2 is 2.04 bits per heavy atom. The van der Waals surface area contributed by atoms with Gasteiger partial charge in [-0.15, -0.1) is 0 Å². The van der Waals surface area contributed by atoms with E-state index in [1.807, 2.05) is 0 Å². The van der Waals surface area contributed by atoms with Crippen LogP contribution in [0.4, 0.5) is 20.2 Å². The molecule has 0 unspecified atom stereocenters. The molecule has 1 aliphatic rings. The third-order valence-electron chi connectivity index (χ3n) is 3.72. The van der Waals surface area contributed by atoms with Crippen LogP contribution in [-0.2, 0) is 11.2 Å². The summed E-state index contributed by atoms with van der Waals surface area (Å²) in [5, 5.41) is 10.8. The van der Waals surface area contributed by atoms with Crippen molar-refractivity contribution in [1.29, 1.82) is 0 Å². The molecule has 0 fully saturated rings. The molecule has 6 nitrogen and oxygen atoms in total. The van der Waals surface area contributed by atoms with Crippen molar-refractivity contribution >= 4 is 17.3 Å². The Morgan fingerprint density at radius 3 is 2.75 bits per heavy atom. The molecule has 1 heterocycles. The van der Waals surface area contributed by atoms with Gasteiger partial charge in [0.1, 0.15) is 5.82 Å². The topological polar surface area (TPSA) is 72.7 Å². The molecule has 0 N–H and O–H groups in total. The first kappa shape index (κ1) is 15.9. The lowest BCUT2D eigenvalue weighted by molar-refractivity contribution is -0.384. The van der Waals surface area contributed by atoms with Gasteiger partial charge in [-0.05, 0) is 30.2 Å². The molecule has 2 aromatic carbocycles. The molecule has 2 aromatic rings. The first-order valence-corrected chi connectivity index (χ1v) is 7.11. The lowest BCUT2D eigenvalue weighted by Gasteiger charge is -2.17. The Labute approximate surface area is 135 Å². The number of halogens is 2. The van der Waals surface area contributed by atoms with Gasteiger partial charge in [0.2, 0.25) is 0 Å². The lowest BCUT2D eigenvalue weighted by atomic mass is 10.1. The van der Waals surface area contributed by atoms with Crippen LogP contribution in [0.1, 0.15) is 5.56 Å². The van der Waals surface area contributed by atoms with Crippen LogP contribution < -0.4 is 9.64 Å². The number of nitrogens with zero attached hydrogens (tertiary/aromatic N) is 2. The quantitative estimate of drug-likeness (QED) is 0.637. The molecule has 1 aliphatic heterocycles. The van der Waals surface area contributed by atoms with E-state index in [1.54, 1.807) is 0 Å². The molecule has 0 atom stereocenters. The van der Waals surface area contributed by atoms with Gasteiger partial charge in [-0.25, -0.2) is 8.78 Å². The average Bonchev–Trinajstić information content (AvgIpc) is 2.96. The summed E-state index contributed by atoms with van der Waals surface area (Å²) in [6.45, 7) is -0.0520. The van der Waals surface area contributed by atoms with Gasteiger partial charge in [0, 0.05) is 30.4 Å². The van der Waals surface area contributed by atoms with E-state index < -0.39 is 29.1 Å². The van der Waals surface area contributed by atoms with E-state index in [0.29, 0.717) is 30.3 Å². The highest BCUT2D eigenvalue weighted by Crippen LogP contribution is 2.31. The molecule has 1 amide bonds. The van der Waals surface area contributed by atoms with E-state index in [1.165, 1.54) is 23.1 Å². The molecule has 0 spiro atoms. The van der Waals surface area contributed by atoms with Gasteiger partial charge >= 0.3 is 0 Å². The molecule has 0 aliphatic carbocycles. The third kappa shape index (κ3) is 3.03. The van der Waals surface area contributed by atoms with Crippen LogP contribution in [0, 0.1) is 21.7 Å². The maximum Gasteiger partial charge on any atom is 0.269 e. The number of anilines is 1. The summed E-state index contributed by atoms with van der Waals surface area (Å²) in [6.07, 6.45) is 0.494. The first-order chi connectivity index (χ1) is 11.5. The van der Waals surface area contributed by atoms with Crippen LogP contribution >= 0.6 is 0 Å². The molecule has 8 heteroatoms. The minimum atomic E-state index is -0.889. The van der Waals surface area contributed by atoms with Crippen molar-refractivity contribution in [2.45, 2.75) is 6.42 Å². The zero-order valence-electron chi connectivity index (χ0n) is 12.4. The van der Waals surface area contributed by atoms with E-state index in [4.69, 9.17) is 4.74 Å². The Bertz CT molecular complexity index is 826. The number of benzene rings is 2. The van der Waals surface area contributed by atoms with E-state index in [0.717, 1.165) is 12.1 Å². The molecular formula is C16H12F2N2O4. The van der Waals surface area contributed by atoms with Crippen LogP contribution in [0.2, 0.25) is 0 Å². The zero-order valence-corrected chi connectivity index (χ0v) is 12.4. The Kier molecular flexibility index (Phi) is 4.11. The minimum absolute atomic E-state index is 0.0346. The first-order valence-electron chi connectivity index (χ1n) is 7.11. The maximum absolute atomic E-state index is 13.5. The van der Waals surface area contributed by atoms with E-state index in [9.17, 15) is 23.7 Å². The molecule has 124 valence electrons. The van der Waals surface area contributed by atoms with Gasteiger partial charge < -0.3 is 9.64 Å². The van der Waals surface area contributed by atoms with Crippen LogP contribution in [0.25, 0.3) is 0 Å². The van der Waals surface area contributed by atoms with Crippen molar-refractivity contribution in [3.05, 3.63) is 63.7 Å². The van der Waals surface area contributed by atoms with Crippen molar-refractivity contribution < 1.29 is 23.2 Å². The summed E-state index contributed by atoms with van der Waals surface area (Å²) in [4.78, 5) is 24.0. The smallest absolute Gasteiger partial charge is 0.269 e. The van der Waals surface area contributed by atoms with Crippen molar-refractivity contribution in [1.82, 2.24) is 0 Å². The lowest BCUT2D eigenvalue weighted by Crippen LogP contribution is -2.33. The maximum atomic E-state index is 13.5. The molecule has 0 saturated heterocycles. The SMILES string of the molecule is O=C(COc1ccc(F)cc1F)N1CCc2cc([N+](=O)[O-])ccc21. The number of amides is 1. The van der Waals surface area contributed by atoms with Crippen molar-refractivity contribution in [3.63, 3.8) is 0 Å². The van der Waals surface area contributed by atoms with Crippen molar-refractivity contribution in [3.8, 4) is 5.75 Å². The molecule has 0 aromatic heterocycles. The highest BCUT2D eigenvalue weighted by atomic mass is 19.1. The van der Waals surface area contributed by atoms with E-state index >= 15 is 0 Å². The number of carbonyl (C=O) groups is 1. The fourth-order valence-electron chi connectivity index (χ4n) is 2.57. The second kappa shape index (κ2) is 6.23. The van der Waals surface area contributed by atoms with Crippen LogP contribution in [0.3, 0.4) is 0 Å². The summed E-state index contributed by atoms with van der Waals surface area (Å²) in [5.41, 5.74) is 1.24. The number of nitro benzene ring substituents is 1. The number of rotatable bonds is 4. The predicted octanol–water partition coefficient (Wildman–Crippen LogP) is 2.84. The summed E-state index contributed by atoms with van der Waals surface area (Å²) in [5.74, 6) is -2.25. The third-order valence-corrected chi connectivity index (χ3v) is 3.72. The number of non-ortho nitro benzene ring substituents is 1. The van der Waals surface area contributed by atoms with Crippen LogP contribution in [0.5, 0.6) is 5.75 Å². The number of carbonyl (C=O) groups excluding carboxylic acids is 1. The molecule has 3 rings (SSSR count). The van der Waals surface area contributed by atoms with Gasteiger partial charge in [-0.1, -0.05) is 0 Å². The van der Waals surface area contributed by atoms with Crippen LogP contribution in [0.15, 0.2) is 36.4 Å². The van der Waals surface area contributed by atoms with Gasteiger partial charge in [0.05, 0.1) is 4.92 Å². The monoisotopic (exact) mass is 334 g/mol. The van der Waals surface area contributed by atoms with E-state index in [-0.39, 0.29) is 11.4 Å². The fourth-order valence-corrected chi connectivity index (χ4v) is 2.57. The average molecular weight is 334 g/mol. The zero-order chi connectivity index (χ0) is 17.3. The Balaban J connectivity index is 1.70. The highest BCUT2D eigenvalue weighted by molar-refractivity contribution is 5.96. The number of fused-ring (bicyclic) bond motifs is 1.